The van der Waals surface area contributed by atoms with E-state index in [1.165, 1.54) is 6.07 Å². The minimum absolute atomic E-state index is 0.0837. The molecule has 0 aliphatic rings. The molecule has 7 heteroatoms. The van der Waals surface area contributed by atoms with Crippen molar-refractivity contribution in [3.05, 3.63) is 107 Å². The molecule has 39 heavy (non-hydrogen) atoms. The standard InChI is InChI=1S/C32H42FN5O/c1-11-22(18-30(35-9)32(5,6)7)21(4)38-28-19-25(20(3)15-26(28)33)23(12-2)16-27(34-8)24-13-14-37-29(17-24)31(39)36-10/h11-19,34-35,38H,4H2,1-3,5-10H3,(H,36,39)/b22-11+,23-12+,27-16-,30-18-. The van der Waals surface area contributed by atoms with E-state index in [2.05, 4.69) is 53.6 Å². The summed E-state index contributed by atoms with van der Waals surface area (Å²) < 4.78 is 15.1. The highest BCUT2D eigenvalue weighted by molar-refractivity contribution is 5.93. The van der Waals surface area contributed by atoms with E-state index in [9.17, 15) is 4.79 Å². The average molecular weight is 532 g/mol. The van der Waals surface area contributed by atoms with Gasteiger partial charge < -0.3 is 21.3 Å². The van der Waals surface area contributed by atoms with Crippen molar-refractivity contribution >= 4 is 22.9 Å². The molecule has 0 bridgehead atoms. The van der Waals surface area contributed by atoms with E-state index < -0.39 is 0 Å². The minimum atomic E-state index is -0.362. The largest absolute Gasteiger partial charge is 0.391 e. The van der Waals surface area contributed by atoms with Gasteiger partial charge in [-0.05, 0) is 79.5 Å². The van der Waals surface area contributed by atoms with Crippen molar-refractivity contribution in [2.75, 3.05) is 26.5 Å². The first-order chi connectivity index (χ1) is 18.4. The van der Waals surface area contributed by atoms with Gasteiger partial charge in [0.25, 0.3) is 5.91 Å². The number of aryl methyl sites for hydroxylation is 1. The molecule has 1 aromatic heterocycles. The number of hydrogen-bond acceptors (Lipinski definition) is 5. The van der Waals surface area contributed by atoms with Crippen LogP contribution in [0.3, 0.4) is 0 Å². The summed E-state index contributed by atoms with van der Waals surface area (Å²) in [7, 11) is 5.28. The second-order valence-electron chi connectivity index (χ2n) is 10.1. The number of benzene rings is 1. The van der Waals surface area contributed by atoms with Crippen molar-refractivity contribution in [1.29, 1.82) is 0 Å². The first-order valence-electron chi connectivity index (χ1n) is 13.0. The van der Waals surface area contributed by atoms with Crippen LogP contribution in [0.5, 0.6) is 0 Å². The third kappa shape index (κ3) is 7.93. The maximum Gasteiger partial charge on any atom is 0.269 e. The SMILES string of the molecule is C=C(Nc1cc(C(/C=C(\NC)c2ccnc(C(=O)NC)c2)=C/C)c(C)cc1F)C(/C=C(\NC)C(C)(C)C)=C/C. The van der Waals surface area contributed by atoms with Gasteiger partial charge in [0.2, 0.25) is 0 Å². The minimum Gasteiger partial charge on any atom is -0.391 e. The van der Waals surface area contributed by atoms with E-state index in [0.717, 1.165) is 39.2 Å². The van der Waals surface area contributed by atoms with E-state index in [1.807, 2.05) is 65.2 Å². The lowest BCUT2D eigenvalue weighted by molar-refractivity contribution is 0.0958. The summed E-state index contributed by atoms with van der Waals surface area (Å²) in [6.45, 7) is 16.3. The lowest BCUT2D eigenvalue weighted by Crippen LogP contribution is -2.21. The summed E-state index contributed by atoms with van der Waals surface area (Å²) in [5.41, 5.74) is 7.22. The predicted octanol–water partition coefficient (Wildman–Crippen LogP) is 6.57. The van der Waals surface area contributed by atoms with Crippen LogP contribution in [0, 0.1) is 18.2 Å². The zero-order valence-corrected chi connectivity index (χ0v) is 24.6. The lowest BCUT2D eigenvalue weighted by Gasteiger charge is -2.24. The highest BCUT2D eigenvalue weighted by Crippen LogP contribution is 2.31. The van der Waals surface area contributed by atoms with Crippen molar-refractivity contribution in [1.82, 2.24) is 20.9 Å². The Labute approximate surface area is 232 Å². The number of aromatic nitrogens is 1. The average Bonchev–Trinajstić information content (AvgIpc) is 2.90. The van der Waals surface area contributed by atoms with Crippen LogP contribution in [0.15, 0.2) is 78.3 Å². The van der Waals surface area contributed by atoms with Crippen LogP contribution < -0.4 is 21.3 Å². The third-order valence-electron chi connectivity index (χ3n) is 6.36. The fraction of sp³-hybridized carbons (Fsp3) is 0.312. The molecule has 6 nitrogen and oxygen atoms in total. The zero-order valence-electron chi connectivity index (χ0n) is 24.6. The number of anilines is 1. The second-order valence-corrected chi connectivity index (χ2v) is 10.1. The van der Waals surface area contributed by atoms with Crippen molar-refractivity contribution < 1.29 is 9.18 Å². The van der Waals surface area contributed by atoms with Gasteiger partial charge in [0.05, 0.1) is 5.69 Å². The molecule has 1 heterocycles. The summed E-state index contributed by atoms with van der Waals surface area (Å²) >= 11 is 0. The fourth-order valence-electron chi connectivity index (χ4n) is 4.10. The van der Waals surface area contributed by atoms with Crippen LogP contribution in [0.1, 0.15) is 61.8 Å². The fourth-order valence-corrected chi connectivity index (χ4v) is 4.10. The topological polar surface area (TPSA) is 78.1 Å². The number of carbonyl (C=O) groups excluding carboxylic acids is 1. The first-order valence-corrected chi connectivity index (χ1v) is 13.0. The molecule has 0 atom stereocenters. The van der Waals surface area contributed by atoms with Gasteiger partial charge in [0.15, 0.2) is 0 Å². The van der Waals surface area contributed by atoms with Crippen LogP contribution in [-0.2, 0) is 0 Å². The van der Waals surface area contributed by atoms with E-state index in [-0.39, 0.29) is 17.1 Å². The number of hydrogen-bond donors (Lipinski definition) is 4. The van der Waals surface area contributed by atoms with Crippen LogP contribution in [0.25, 0.3) is 11.3 Å². The smallest absolute Gasteiger partial charge is 0.269 e. The molecular formula is C32H42FN5O. The number of allylic oxidation sites excluding steroid dienone is 6. The first kappa shape index (κ1) is 31.1. The second kappa shape index (κ2) is 13.6. The quantitative estimate of drug-likeness (QED) is 0.261. The van der Waals surface area contributed by atoms with E-state index in [1.54, 1.807) is 25.4 Å². The van der Waals surface area contributed by atoms with Gasteiger partial charge >= 0.3 is 0 Å². The Bertz CT molecular complexity index is 1340. The molecule has 0 aliphatic carbocycles. The Morgan fingerprint density at radius 2 is 1.69 bits per heavy atom. The summed E-state index contributed by atoms with van der Waals surface area (Å²) in [6, 6.07) is 6.89. The Morgan fingerprint density at radius 1 is 1.00 bits per heavy atom. The maximum atomic E-state index is 15.1. The van der Waals surface area contributed by atoms with Gasteiger partial charge in [0.1, 0.15) is 11.5 Å². The number of rotatable bonds is 10. The Balaban J connectivity index is 2.49. The molecule has 1 aromatic carbocycles. The summed E-state index contributed by atoms with van der Waals surface area (Å²) in [4.78, 5) is 16.2. The van der Waals surface area contributed by atoms with Gasteiger partial charge in [-0.1, -0.05) is 39.5 Å². The summed E-state index contributed by atoms with van der Waals surface area (Å²) in [5.74, 6) is -0.623. The molecule has 2 rings (SSSR count). The van der Waals surface area contributed by atoms with Crippen LogP contribution in [0.2, 0.25) is 0 Å². The molecule has 0 fully saturated rings. The maximum absolute atomic E-state index is 15.1. The molecule has 0 radical (unpaired) electrons. The molecule has 2 aromatic rings. The molecular weight excluding hydrogens is 489 g/mol. The van der Waals surface area contributed by atoms with Crippen molar-refractivity contribution in [3.63, 3.8) is 0 Å². The number of carbonyl (C=O) groups is 1. The third-order valence-corrected chi connectivity index (χ3v) is 6.36. The Hall–Kier alpha value is -4.13. The molecule has 0 saturated carbocycles. The normalized spacial score (nSPS) is 13.2. The van der Waals surface area contributed by atoms with Crippen molar-refractivity contribution in [2.45, 2.75) is 41.5 Å². The van der Waals surface area contributed by atoms with Gasteiger partial charge in [-0.25, -0.2) is 4.39 Å². The highest BCUT2D eigenvalue weighted by atomic mass is 19.1. The number of halogens is 1. The van der Waals surface area contributed by atoms with E-state index in [4.69, 9.17) is 0 Å². The lowest BCUT2D eigenvalue weighted by atomic mass is 9.90. The number of nitrogens with one attached hydrogen (secondary N) is 4. The van der Waals surface area contributed by atoms with Crippen molar-refractivity contribution in [2.24, 2.45) is 5.41 Å². The molecule has 1 amide bonds. The predicted molar refractivity (Wildman–Crippen MR) is 163 cm³/mol. The summed E-state index contributed by atoms with van der Waals surface area (Å²) in [6.07, 6.45) is 9.53. The van der Waals surface area contributed by atoms with Crippen LogP contribution in [0.4, 0.5) is 10.1 Å². The van der Waals surface area contributed by atoms with E-state index >= 15 is 4.39 Å². The zero-order chi connectivity index (χ0) is 29.3. The van der Waals surface area contributed by atoms with Gasteiger partial charge in [0, 0.05) is 55.4 Å². The van der Waals surface area contributed by atoms with E-state index in [0.29, 0.717) is 17.1 Å². The molecule has 208 valence electrons. The van der Waals surface area contributed by atoms with Gasteiger partial charge in [-0.2, -0.15) is 0 Å². The number of amides is 1. The molecule has 0 unspecified atom stereocenters. The number of nitrogens with zero attached hydrogens (tertiary/aromatic N) is 1. The molecule has 0 spiro atoms. The summed E-state index contributed by atoms with van der Waals surface area (Å²) in [5, 5.41) is 12.3. The molecule has 0 saturated heterocycles. The van der Waals surface area contributed by atoms with Gasteiger partial charge in [-0.15, -0.1) is 0 Å². The molecule has 4 N–H and O–H groups in total. The van der Waals surface area contributed by atoms with Gasteiger partial charge in [-0.3, -0.25) is 9.78 Å². The number of pyridine rings is 1. The Kier molecular flexibility index (Phi) is 10.8. The molecule has 0 aliphatic heterocycles. The van der Waals surface area contributed by atoms with Crippen molar-refractivity contribution in [3.8, 4) is 0 Å². The monoisotopic (exact) mass is 531 g/mol. The Morgan fingerprint density at radius 3 is 2.23 bits per heavy atom. The highest BCUT2D eigenvalue weighted by Gasteiger charge is 2.17. The van der Waals surface area contributed by atoms with Crippen LogP contribution in [-0.4, -0.2) is 32.0 Å². The van der Waals surface area contributed by atoms with Crippen LogP contribution >= 0.6 is 0 Å².